The fourth-order valence-electron chi connectivity index (χ4n) is 2.12. The number of rotatable bonds is 4. The second-order valence-corrected chi connectivity index (χ2v) is 5.23. The number of benzene rings is 1. The van der Waals surface area contributed by atoms with E-state index in [4.69, 9.17) is 0 Å². The lowest BCUT2D eigenvalue weighted by Gasteiger charge is -2.17. The minimum absolute atomic E-state index is 0.121. The Labute approximate surface area is 125 Å². The molecule has 0 fully saturated rings. The van der Waals surface area contributed by atoms with Crippen molar-refractivity contribution in [3.8, 4) is 0 Å². The Morgan fingerprint density at radius 2 is 1.86 bits per heavy atom. The summed E-state index contributed by atoms with van der Waals surface area (Å²) in [5.74, 6) is 0.502. The predicted octanol–water partition coefficient (Wildman–Crippen LogP) is 2.66. The Morgan fingerprint density at radius 3 is 2.43 bits per heavy atom. The number of hydrogen-bond donors (Lipinski definition) is 1. The van der Waals surface area contributed by atoms with E-state index in [1.165, 1.54) is 16.0 Å². The van der Waals surface area contributed by atoms with E-state index in [0.29, 0.717) is 11.5 Å². The van der Waals surface area contributed by atoms with E-state index >= 15 is 0 Å². The zero-order valence-corrected chi connectivity index (χ0v) is 12.8. The van der Waals surface area contributed by atoms with Gasteiger partial charge in [-0.3, -0.25) is 4.79 Å². The minimum Gasteiger partial charge on any atom is -0.362 e. The molecule has 0 bridgehead atoms. The second-order valence-electron chi connectivity index (χ2n) is 5.23. The van der Waals surface area contributed by atoms with Gasteiger partial charge in [0.2, 0.25) is 0 Å². The van der Waals surface area contributed by atoms with Crippen molar-refractivity contribution in [2.24, 2.45) is 0 Å². The first-order valence-electron chi connectivity index (χ1n) is 6.86. The van der Waals surface area contributed by atoms with Gasteiger partial charge >= 0.3 is 0 Å². The molecule has 2 rings (SSSR count). The molecule has 5 nitrogen and oxygen atoms in total. The smallest absolute Gasteiger partial charge is 0.273 e. The van der Waals surface area contributed by atoms with Gasteiger partial charge in [0.15, 0.2) is 5.69 Å². The van der Waals surface area contributed by atoms with Crippen LogP contribution >= 0.6 is 0 Å². The molecule has 21 heavy (non-hydrogen) atoms. The van der Waals surface area contributed by atoms with Crippen molar-refractivity contribution in [2.45, 2.75) is 19.9 Å². The van der Waals surface area contributed by atoms with Gasteiger partial charge in [0.05, 0.1) is 6.04 Å². The fraction of sp³-hybridized carbons (Fsp3) is 0.312. The standard InChI is InChI=1S/C16H20N4O/c1-11-7-5-6-8-13(11)12(2)17-15-10-9-14(18-19-15)16(21)20(3)4/h5-10,12H,1-4H3,(H,17,19). The third-order valence-corrected chi connectivity index (χ3v) is 3.31. The van der Waals surface area contributed by atoms with E-state index in [1.54, 1.807) is 26.2 Å². The lowest BCUT2D eigenvalue weighted by atomic mass is 10.0. The molecular formula is C16H20N4O. The van der Waals surface area contributed by atoms with Crippen LogP contribution in [-0.2, 0) is 0 Å². The first-order valence-corrected chi connectivity index (χ1v) is 6.86. The highest BCUT2D eigenvalue weighted by Crippen LogP contribution is 2.20. The van der Waals surface area contributed by atoms with Gasteiger partial charge in [-0.25, -0.2) is 0 Å². The maximum atomic E-state index is 11.7. The molecule has 2 aromatic rings. The molecule has 0 saturated heterocycles. The molecular weight excluding hydrogens is 264 g/mol. The van der Waals surface area contributed by atoms with Crippen molar-refractivity contribution in [3.63, 3.8) is 0 Å². The van der Waals surface area contributed by atoms with E-state index in [9.17, 15) is 4.79 Å². The maximum absolute atomic E-state index is 11.7. The average molecular weight is 284 g/mol. The van der Waals surface area contributed by atoms with Gasteiger partial charge in [0.1, 0.15) is 5.82 Å². The summed E-state index contributed by atoms with van der Waals surface area (Å²) in [6.07, 6.45) is 0. The highest BCUT2D eigenvalue weighted by Gasteiger charge is 2.12. The summed E-state index contributed by atoms with van der Waals surface area (Å²) in [6, 6.07) is 11.8. The number of carbonyl (C=O) groups is 1. The third kappa shape index (κ3) is 3.56. The van der Waals surface area contributed by atoms with Gasteiger partial charge < -0.3 is 10.2 Å². The van der Waals surface area contributed by atoms with Crippen LogP contribution in [-0.4, -0.2) is 35.1 Å². The summed E-state index contributed by atoms with van der Waals surface area (Å²) in [5, 5.41) is 11.3. The highest BCUT2D eigenvalue weighted by atomic mass is 16.2. The molecule has 0 spiro atoms. The molecule has 5 heteroatoms. The summed E-state index contributed by atoms with van der Waals surface area (Å²) in [4.78, 5) is 13.2. The predicted molar refractivity (Wildman–Crippen MR) is 83.3 cm³/mol. The van der Waals surface area contributed by atoms with E-state index in [-0.39, 0.29) is 11.9 Å². The molecule has 0 radical (unpaired) electrons. The number of aryl methyl sites for hydroxylation is 1. The molecule has 0 saturated carbocycles. The van der Waals surface area contributed by atoms with Crippen molar-refractivity contribution in [1.29, 1.82) is 0 Å². The first-order chi connectivity index (χ1) is 9.99. The second kappa shape index (κ2) is 6.35. The molecule has 1 aromatic carbocycles. The molecule has 110 valence electrons. The fourth-order valence-corrected chi connectivity index (χ4v) is 2.12. The van der Waals surface area contributed by atoms with Gasteiger partial charge in [0.25, 0.3) is 5.91 Å². The van der Waals surface area contributed by atoms with Crippen LogP contribution < -0.4 is 5.32 Å². The van der Waals surface area contributed by atoms with Crippen LogP contribution in [0, 0.1) is 6.92 Å². The summed E-state index contributed by atoms with van der Waals surface area (Å²) < 4.78 is 0. The molecule has 0 aliphatic rings. The van der Waals surface area contributed by atoms with Crippen LogP contribution in [0.25, 0.3) is 0 Å². The van der Waals surface area contributed by atoms with Crippen LogP contribution in [0.1, 0.15) is 34.6 Å². The lowest BCUT2D eigenvalue weighted by molar-refractivity contribution is 0.0821. The monoisotopic (exact) mass is 284 g/mol. The summed E-state index contributed by atoms with van der Waals surface area (Å²) in [7, 11) is 3.38. The number of aromatic nitrogens is 2. The van der Waals surface area contributed by atoms with Gasteiger partial charge in [0, 0.05) is 14.1 Å². The third-order valence-electron chi connectivity index (χ3n) is 3.31. The number of nitrogens with zero attached hydrogens (tertiary/aromatic N) is 3. The number of carbonyl (C=O) groups excluding carboxylic acids is 1. The Kier molecular flexibility index (Phi) is 4.52. The summed E-state index contributed by atoms with van der Waals surface area (Å²) in [6.45, 7) is 4.15. The van der Waals surface area contributed by atoms with Crippen LogP contribution in [0.4, 0.5) is 5.82 Å². The van der Waals surface area contributed by atoms with Crippen molar-refractivity contribution in [2.75, 3.05) is 19.4 Å². The number of anilines is 1. The highest BCUT2D eigenvalue weighted by molar-refractivity contribution is 5.91. The van der Waals surface area contributed by atoms with Gasteiger partial charge in [-0.1, -0.05) is 24.3 Å². The van der Waals surface area contributed by atoms with Crippen molar-refractivity contribution in [3.05, 3.63) is 53.2 Å². The molecule has 1 unspecified atom stereocenters. The Bertz CT molecular complexity index is 622. The minimum atomic E-state index is -0.152. The van der Waals surface area contributed by atoms with Gasteiger partial charge in [-0.15, -0.1) is 10.2 Å². The van der Waals surface area contributed by atoms with Crippen molar-refractivity contribution in [1.82, 2.24) is 15.1 Å². The van der Waals surface area contributed by atoms with Crippen molar-refractivity contribution < 1.29 is 4.79 Å². The normalized spacial score (nSPS) is 11.8. The Hall–Kier alpha value is -2.43. The summed E-state index contributed by atoms with van der Waals surface area (Å²) in [5.41, 5.74) is 2.78. The quantitative estimate of drug-likeness (QED) is 0.937. The average Bonchev–Trinajstić information content (AvgIpc) is 2.47. The van der Waals surface area contributed by atoms with E-state index in [2.05, 4.69) is 41.5 Å². The van der Waals surface area contributed by atoms with Crippen LogP contribution in [0.2, 0.25) is 0 Å². The molecule has 1 atom stereocenters. The first kappa shape index (κ1) is 15.0. The van der Waals surface area contributed by atoms with Gasteiger partial charge in [-0.05, 0) is 37.1 Å². The number of amides is 1. The lowest BCUT2D eigenvalue weighted by Crippen LogP contribution is -2.23. The SMILES string of the molecule is Cc1ccccc1C(C)Nc1ccc(C(=O)N(C)C)nn1. The van der Waals surface area contributed by atoms with E-state index in [0.717, 1.165) is 0 Å². The number of hydrogen-bond acceptors (Lipinski definition) is 4. The molecule has 1 amide bonds. The Balaban J connectivity index is 2.10. The molecule has 1 heterocycles. The molecule has 0 aliphatic heterocycles. The largest absolute Gasteiger partial charge is 0.362 e. The number of nitrogens with one attached hydrogen (secondary N) is 1. The van der Waals surface area contributed by atoms with Crippen LogP contribution in [0.5, 0.6) is 0 Å². The molecule has 1 N–H and O–H groups in total. The van der Waals surface area contributed by atoms with E-state index in [1.807, 2.05) is 12.1 Å². The van der Waals surface area contributed by atoms with Gasteiger partial charge in [-0.2, -0.15) is 0 Å². The van der Waals surface area contributed by atoms with Crippen LogP contribution in [0.3, 0.4) is 0 Å². The molecule has 0 aliphatic carbocycles. The summed E-state index contributed by atoms with van der Waals surface area (Å²) >= 11 is 0. The zero-order valence-electron chi connectivity index (χ0n) is 12.8. The van der Waals surface area contributed by atoms with Crippen molar-refractivity contribution >= 4 is 11.7 Å². The topological polar surface area (TPSA) is 58.1 Å². The maximum Gasteiger partial charge on any atom is 0.273 e. The van der Waals surface area contributed by atoms with Crippen LogP contribution in [0.15, 0.2) is 36.4 Å². The Morgan fingerprint density at radius 1 is 1.14 bits per heavy atom. The zero-order chi connectivity index (χ0) is 15.4. The molecule has 1 aromatic heterocycles. The van der Waals surface area contributed by atoms with E-state index < -0.39 is 0 Å².